The van der Waals surface area contributed by atoms with Gasteiger partial charge in [0.1, 0.15) is 12.4 Å². The first-order chi connectivity index (χ1) is 9.70. The highest BCUT2D eigenvalue weighted by atomic mass is 16.6. The van der Waals surface area contributed by atoms with Crippen molar-refractivity contribution in [2.75, 3.05) is 18.5 Å². The standard InChI is InChI=1S/C13H14N4O3/c14-6-8-20-11-4-1-3-10(9-11)16-13-12(17(18)19)5-2-7-15-13/h1-5,7,9H,6,8,14H2,(H,15,16). The van der Waals surface area contributed by atoms with Crippen LogP contribution in [0.3, 0.4) is 0 Å². The monoisotopic (exact) mass is 274 g/mol. The van der Waals surface area contributed by atoms with E-state index in [2.05, 4.69) is 10.3 Å². The average molecular weight is 274 g/mol. The number of nitrogens with zero attached hydrogens (tertiary/aromatic N) is 2. The molecule has 0 spiro atoms. The van der Waals surface area contributed by atoms with Gasteiger partial charge >= 0.3 is 5.69 Å². The number of pyridine rings is 1. The van der Waals surface area contributed by atoms with Crippen molar-refractivity contribution in [3.05, 3.63) is 52.7 Å². The third-order valence-electron chi connectivity index (χ3n) is 2.47. The fraction of sp³-hybridized carbons (Fsp3) is 0.154. The van der Waals surface area contributed by atoms with Gasteiger partial charge in [0.15, 0.2) is 0 Å². The highest BCUT2D eigenvalue weighted by molar-refractivity contribution is 5.65. The molecule has 0 atom stereocenters. The van der Waals surface area contributed by atoms with Crippen molar-refractivity contribution in [1.29, 1.82) is 0 Å². The molecule has 7 heteroatoms. The summed E-state index contributed by atoms with van der Waals surface area (Å²) in [6, 6.07) is 9.98. The molecule has 0 fully saturated rings. The van der Waals surface area contributed by atoms with E-state index in [-0.39, 0.29) is 11.5 Å². The minimum absolute atomic E-state index is 0.0826. The van der Waals surface area contributed by atoms with E-state index < -0.39 is 4.92 Å². The molecule has 0 aliphatic rings. The van der Waals surface area contributed by atoms with Crippen molar-refractivity contribution in [2.24, 2.45) is 5.73 Å². The smallest absolute Gasteiger partial charge is 0.311 e. The van der Waals surface area contributed by atoms with Crippen molar-refractivity contribution in [1.82, 2.24) is 4.98 Å². The zero-order valence-electron chi connectivity index (χ0n) is 10.7. The fourth-order valence-corrected chi connectivity index (χ4v) is 1.62. The quantitative estimate of drug-likeness (QED) is 0.617. The summed E-state index contributed by atoms with van der Waals surface area (Å²) in [4.78, 5) is 14.4. The number of nitrogens with two attached hydrogens (primary N) is 1. The molecule has 2 rings (SSSR count). The Hall–Kier alpha value is -2.67. The Balaban J connectivity index is 2.20. The maximum Gasteiger partial charge on any atom is 0.311 e. The predicted molar refractivity (Wildman–Crippen MR) is 75.2 cm³/mol. The molecule has 7 nitrogen and oxygen atoms in total. The number of anilines is 2. The Morgan fingerprint density at radius 3 is 2.95 bits per heavy atom. The van der Waals surface area contributed by atoms with Gasteiger partial charge in [-0.1, -0.05) is 6.07 Å². The molecule has 104 valence electrons. The lowest BCUT2D eigenvalue weighted by Crippen LogP contribution is -2.10. The molecule has 1 aromatic heterocycles. The molecule has 1 aromatic carbocycles. The Morgan fingerprint density at radius 2 is 2.20 bits per heavy atom. The number of hydrogen-bond acceptors (Lipinski definition) is 6. The normalized spacial score (nSPS) is 10.1. The number of benzene rings is 1. The number of hydrogen-bond donors (Lipinski definition) is 2. The summed E-state index contributed by atoms with van der Waals surface area (Å²) in [6.45, 7) is 0.830. The lowest BCUT2D eigenvalue weighted by molar-refractivity contribution is -0.384. The first-order valence-electron chi connectivity index (χ1n) is 6.00. The van der Waals surface area contributed by atoms with E-state index >= 15 is 0 Å². The van der Waals surface area contributed by atoms with E-state index in [0.29, 0.717) is 24.6 Å². The van der Waals surface area contributed by atoms with Crippen molar-refractivity contribution in [2.45, 2.75) is 0 Å². The second kappa shape index (κ2) is 6.48. The number of ether oxygens (including phenoxy) is 1. The van der Waals surface area contributed by atoms with Gasteiger partial charge in [0, 0.05) is 30.6 Å². The average Bonchev–Trinajstić information content (AvgIpc) is 2.46. The molecule has 0 unspecified atom stereocenters. The van der Waals surface area contributed by atoms with Crippen molar-refractivity contribution in [3.63, 3.8) is 0 Å². The van der Waals surface area contributed by atoms with Gasteiger partial charge in [-0.25, -0.2) is 4.98 Å². The molecule has 0 saturated carbocycles. The van der Waals surface area contributed by atoms with Crippen LogP contribution < -0.4 is 15.8 Å². The second-order valence-corrected chi connectivity index (χ2v) is 3.92. The molecular weight excluding hydrogens is 260 g/mol. The molecule has 0 aliphatic carbocycles. The zero-order valence-corrected chi connectivity index (χ0v) is 10.7. The Morgan fingerprint density at radius 1 is 1.35 bits per heavy atom. The molecule has 2 aromatic rings. The predicted octanol–water partition coefficient (Wildman–Crippen LogP) is 2.07. The molecule has 0 aliphatic heterocycles. The van der Waals surface area contributed by atoms with Crippen LogP contribution >= 0.6 is 0 Å². The summed E-state index contributed by atoms with van der Waals surface area (Å²) in [5.74, 6) is 0.826. The topological polar surface area (TPSA) is 103 Å². The summed E-state index contributed by atoms with van der Waals surface area (Å²) < 4.78 is 5.39. The van der Waals surface area contributed by atoms with Crippen LogP contribution in [0.5, 0.6) is 5.75 Å². The van der Waals surface area contributed by atoms with E-state index in [4.69, 9.17) is 10.5 Å². The largest absolute Gasteiger partial charge is 0.492 e. The number of nitrogens with one attached hydrogen (secondary N) is 1. The molecule has 0 saturated heterocycles. The SMILES string of the molecule is NCCOc1cccc(Nc2ncccc2[N+](=O)[O-])c1. The highest BCUT2D eigenvalue weighted by Gasteiger charge is 2.14. The maximum absolute atomic E-state index is 10.9. The highest BCUT2D eigenvalue weighted by Crippen LogP contribution is 2.26. The van der Waals surface area contributed by atoms with E-state index in [1.54, 1.807) is 24.3 Å². The summed E-state index contributed by atoms with van der Waals surface area (Å²) >= 11 is 0. The lowest BCUT2D eigenvalue weighted by atomic mass is 10.3. The van der Waals surface area contributed by atoms with E-state index in [1.165, 1.54) is 18.3 Å². The van der Waals surface area contributed by atoms with E-state index in [9.17, 15) is 10.1 Å². The molecule has 0 radical (unpaired) electrons. The minimum atomic E-state index is -0.482. The first-order valence-corrected chi connectivity index (χ1v) is 6.00. The van der Waals surface area contributed by atoms with Gasteiger partial charge in [-0.3, -0.25) is 10.1 Å². The van der Waals surface area contributed by atoms with Gasteiger partial charge in [-0.05, 0) is 18.2 Å². The molecular formula is C13H14N4O3. The Kier molecular flexibility index (Phi) is 4.46. The van der Waals surface area contributed by atoms with Crippen molar-refractivity contribution >= 4 is 17.2 Å². The van der Waals surface area contributed by atoms with E-state index in [0.717, 1.165) is 0 Å². The van der Waals surface area contributed by atoms with Crippen LogP contribution in [0.1, 0.15) is 0 Å². The fourth-order valence-electron chi connectivity index (χ4n) is 1.62. The summed E-state index contributed by atoms with van der Waals surface area (Å²) in [7, 11) is 0. The van der Waals surface area contributed by atoms with Gasteiger partial charge in [0.25, 0.3) is 0 Å². The van der Waals surface area contributed by atoms with Crippen LogP contribution in [0.25, 0.3) is 0 Å². The van der Waals surface area contributed by atoms with Crippen LogP contribution in [0.4, 0.5) is 17.2 Å². The number of nitro groups is 1. The Bertz CT molecular complexity index is 604. The third-order valence-corrected chi connectivity index (χ3v) is 2.47. The molecule has 3 N–H and O–H groups in total. The third kappa shape index (κ3) is 3.42. The molecule has 0 amide bonds. The van der Waals surface area contributed by atoms with Crippen LogP contribution in [0, 0.1) is 10.1 Å². The summed E-state index contributed by atoms with van der Waals surface area (Å²) in [5, 5.41) is 13.8. The van der Waals surface area contributed by atoms with Crippen molar-refractivity contribution < 1.29 is 9.66 Å². The van der Waals surface area contributed by atoms with Crippen molar-refractivity contribution in [3.8, 4) is 5.75 Å². The molecule has 0 bridgehead atoms. The van der Waals surface area contributed by atoms with Crippen LogP contribution in [0.15, 0.2) is 42.6 Å². The molecule has 20 heavy (non-hydrogen) atoms. The summed E-state index contributed by atoms with van der Waals surface area (Å²) in [6.07, 6.45) is 1.49. The minimum Gasteiger partial charge on any atom is -0.492 e. The zero-order chi connectivity index (χ0) is 14.4. The number of rotatable bonds is 6. The Labute approximate surface area is 115 Å². The van der Waals surface area contributed by atoms with Crippen LogP contribution in [-0.2, 0) is 0 Å². The van der Waals surface area contributed by atoms with Crippen LogP contribution in [-0.4, -0.2) is 23.1 Å². The van der Waals surface area contributed by atoms with Gasteiger partial charge in [-0.15, -0.1) is 0 Å². The van der Waals surface area contributed by atoms with Crippen LogP contribution in [0.2, 0.25) is 0 Å². The molecule has 1 heterocycles. The first kappa shape index (κ1) is 13.8. The number of aromatic nitrogens is 1. The van der Waals surface area contributed by atoms with E-state index in [1.807, 2.05) is 0 Å². The van der Waals surface area contributed by atoms with Gasteiger partial charge in [-0.2, -0.15) is 0 Å². The second-order valence-electron chi connectivity index (χ2n) is 3.92. The lowest BCUT2D eigenvalue weighted by Gasteiger charge is -2.08. The summed E-state index contributed by atoms with van der Waals surface area (Å²) in [5.41, 5.74) is 5.94. The van der Waals surface area contributed by atoms with Gasteiger partial charge < -0.3 is 15.8 Å². The van der Waals surface area contributed by atoms with Gasteiger partial charge in [0.05, 0.1) is 4.92 Å². The maximum atomic E-state index is 10.9. The van der Waals surface area contributed by atoms with Gasteiger partial charge in [0.2, 0.25) is 5.82 Å².